The van der Waals surface area contributed by atoms with Gasteiger partial charge in [-0.1, -0.05) is 30.3 Å². The predicted molar refractivity (Wildman–Crippen MR) is 103 cm³/mol. The van der Waals surface area contributed by atoms with Gasteiger partial charge in [0, 0.05) is 38.4 Å². The third kappa shape index (κ3) is 2.33. The summed E-state index contributed by atoms with van der Waals surface area (Å²) in [6, 6.07) is 11.7. The summed E-state index contributed by atoms with van der Waals surface area (Å²) in [5.74, 6) is -0.145. The molecule has 1 saturated heterocycles. The van der Waals surface area contributed by atoms with E-state index in [0.29, 0.717) is 17.6 Å². The zero-order chi connectivity index (χ0) is 19.5. The first kappa shape index (κ1) is 17.3. The SMILES string of the molecule is Cn1cnc2cc(C(=O)N3C[C@@H](O)[C@@]4(C3)[C@H](CO)[C@H]4c3ccccc3)cnc21. The fourth-order valence-corrected chi connectivity index (χ4v) is 5.04. The highest BCUT2D eigenvalue weighted by Gasteiger charge is 2.71. The summed E-state index contributed by atoms with van der Waals surface area (Å²) in [5.41, 5.74) is 2.49. The molecule has 4 atom stereocenters. The summed E-state index contributed by atoms with van der Waals surface area (Å²) in [7, 11) is 1.86. The minimum Gasteiger partial charge on any atom is -0.396 e. The number of likely N-dealkylation sites (tertiary alicyclic amines) is 1. The molecule has 28 heavy (non-hydrogen) atoms. The number of hydrogen-bond acceptors (Lipinski definition) is 5. The highest BCUT2D eigenvalue weighted by atomic mass is 16.3. The van der Waals surface area contributed by atoms with E-state index in [-0.39, 0.29) is 30.9 Å². The van der Waals surface area contributed by atoms with Crippen molar-refractivity contribution < 1.29 is 15.0 Å². The number of aryl methyl sites for hydroxylation is 1. The maximum atomic E-state index is 13.1. The lowest BCUT2D eigenvalue weighted by Crippen LogP contribution is -2.29. The third-order valence-electron chi connectivity index (χ3n) is 6.48. The maximum Gasteiger partial charge on any atom is 0.255 e. The van der Waals surface area contributed by atoms with Crippen LogP contribution in [0.2, 0.25) is 0 Å². The van der Waals surface area contributed by atoms with Gasteiger partial charge < -0.3 is 19.7 Å². The van der Waals surface area contributed by atoms with E-state index in [1.807, 2.05) is 37.4 Å². The number of carbonyl (C=O) groups excluding carboxylic acids is 1. The topological polar surface area (TPSA) is 91.5 Å². The molecule has 1 aromatic carbocycles. The Labute approximate surface area is 162 Å². The minimum absolute atomic E-state index is 0.000101. The number of hydrogen-bond donors (Lipinski definition) is 2. The van der Waals surface area contributed by atoms with E-state index in [2.05, 4.69) is 9.97 Å². The number of aromatic nitrogens is 3. The highest BCUT2D eigenvalue weighted by molar-refractivity contribution is 5.96. The number of amides is 1. The van der Waals surface area contributed by atoms with Gasteiger partial charge in [-0.05, 0) is 23.5 Å². The number of β-amino-alcohol motifs (C(OH)–C–C–N with tert-alkyl or cyclic N) is 1. The van der Waals surface area contributed by atoms with E-state index in [0.717, 1.165) is 11.2 Å². The molecule has 7 heteroatoms. The first-order valence-electron chi connectivity index (χ1n) is 9.46. The molecule has 1 spiro atoms. The molecule has 1 aliphatic heterocycles. The Hall–Kier alpha value is -2.77. The van der Waals surface area contributed by atoms with E-state index in [1.165, 1.54) is 0 Å². The number of nitrogens with zero attached hydrogens (tertiary/aromatic N) is 4. The van der Waals surface area contributed by atoms with Gasteiger partial charge in [0.15, 0.2) is 5.65 Å². The van der Waals surface area contributed by atoms with Crippen molar-refractivity contribution in [3.05, 3.63) is 60.0 Å². The van der Waals surface area contributed by atoms with Crippen molar-refractivity contribution in [2.75, 3.05) is 19.7 Å². The van der Waals surface area contributed by atoms with Crippen molar-refractivity contribution >= 4 is 17.1 Å². The summed E-state index contributed by atoms with van der Waals surface area (Å²) in [4.78, 5) is 23.4. The van der Waals surface area contributed by atoms with Gasteiger partial charge in [-0.25, -0.2) is 9.97 Å². The second-order valence-corrected chi connectivity index (χ2v) is 7.91. The Morgan fingerprint density at radius 3 is 2.82 bits per heavy atom. The van der Waals surface area contributed by atoms with E-state index >= 15 is 0 Å². The van der Waals surface area contributed by atoms with E-state index in [4.69, 9.17) is 0 Å². The minimum atomic E-state index is -0.662. The number of benzene rings is 1. The average molecular weight is 378 g/mol. The van der Waals surface area contributed by atoms with Crippen LogP contribution < -0.4 is 0 Å². The van der Waals surface area contributed by atoms with Gasteiger partial charge in [0.2, 0.25) is 0 Å². The molecule has 144 valence electrons. The van der Waals surface area contributed by atoms with Crippen LogP contribution in [0, 0.1) is 11.3 Å². The number of aliphatic hydroxyl groups excluding tert-OH is 2. The van der Waals surface area contributed by atoms with Gasteiger partial charge in [-0.15, -0.1) is 0 Å². The number of aliphatic hydroxyl groups is 2. The quantitative estimate of drug-likeness (QED) is 0.714. The van der Waals surface area contributed by atoms with E-state index < -0.39 is 11.5 Å². The Kier molecular flexibility index (Phi) is 3.79. The molecule has 1 amide bonds. The molecule has 0 unspecified atom stereocenters. The lowest BCUT2D eigenvalue weighted by molar-refractivity contribution is 0.0764. The molecular weight excluding hydrogens is 356 g/mol. The molecule has 1 aliphatic carbocycles. The molecule has 3 heterocycles. The summed E-state index contributed by atoms with van der Waals surface area (Å²) < 4.78 is 1.80. The molecule has 2 aliphatic rings. The van der Waals surface area contributed by atoms with Crippen molar-refractivity contribution in [2.24, 2.45) is 18.4 Å². The molecular formula is C21H22N4O3. The third-order valence-corrected chi connectivity index (χ3v) is 6.48. The van der Waals surface area contributed by atoms with Gasteiger partial charge in [0.25, 0.3) is 5.91 Å². The Morgan fingerprint density at radius 1 is 1.29 bits per heavy atom. The zero-order valence-corrected chi connectivity index (χ0v) is 15.6. The van der Waals surface area contributed by atoms with Crippen LogP contribution in [-0.4, -0.2) is 61.4 Å². The highest BCUT2D eigenvalue weighted by Crippen LogP contribution is 2.68. The number of rotatable bonds is 3. The number of fused-ring (bicyclic) bond motifs is 1. The molecule has 5 rings (SSSR count). The summed E-state index contributed by atoms with van der Waals surface area (Å²) in [6.45, 7) is 0.692. The number of pyridine rings is 1. The van der Waals surface area contributed by atoms with Crippen LogP contribution in [0.25, 0.3) is 11.2 Å². The first-order valence-corrected chi connectivity index (χ1v) is 9.46. The Bertz CT molecular complexity index is 1050. The summed E-state index contributed by atoms with van der Waals surface area (Å²) >= 11 is 0. The second kappa shape index (κ2) is 6.12. The molecule has 2 fully saturated rings. The molecule has 0 radical (unpaired) electrons. The van der Waals surface area contributed by atoms with Gasteiger partial charge in [-0.3, -0.25) is 4.79 Å². The average Bonchev–Trinajstić information content (AvgIpc) is 3.04. The molecule has 3 aromatic rings. The van der Waals surface area contributed by atoms with Crippen LogP contribution in [0.4, 0.5) is 0 Å². The molecule has 7 nitrogen and oxygen atoms in total. The molecule has 1 saturated carbocycles. The Morgan fingerprint density at radius 2 is 2.07 bits per heavy atom. The van der Waals surface area contributed by atoms with Crippen LogP contribution in [0.1, 0.15) is 21.8 Å². The maximum absolute atomic E-state index is 13.1. The van der Waals surface area contributed by atoms with Gasteiger partial charge >= 0.3 is 0 Å². The zero-order valence-electron chi connectivity index (χ0n) is 15.6. The standard InChI is InChI=1S/C21H22N4O3/c1-24-12-23-16-7-14(8-22-19(16)24)20(28)25-9-17(27)21(11-25)15(10-26)18(21)13-5-3-2-4-6-13/h2-8,12,15,17-18,26-27H,9-11H2,1H3/t15-,17-,18-,21-/m1/s1. The normalized spacial score (nSPS) is 29.0. The molecule has 2 N–H and O–H groups in total. The predicted octanol–water partition coefficient (Wildman–Crippen LogP) is 1.18. The van der Waals surface area contributed by atoms with Crippen LogP contribution in [0.3, 0.4) is 0 Å². The second-order valence-electron chi connectivity index (χ2n) is 7.91. The summed E-state index contributed by atoms with van der Waals surface area (Å²) in [6.07, 6.45) is 2.57. The smallest absolute Gasteiger partial charge is 0.255 e. The summed E-state index contributed by atoms with van der Waals surface area (Å²) in [5, 5.41) is 20.8. The molecule has 2 aromatic heterocycles. The lowest BCUT2D eigenvalue weighted by Gasteiger charge is -2.16. The van der Waals surface area contributed by atoms with E-state index in [9.17, 15) is 15.0 Å². The van der Waals surface area contributed by atoms with Crippen LogP contribution >= 0.6 is 0 Å². The first-order chi connectivity index (χ1) is 13.6. The van der Waals surface area contributed by atoms with E-state index in [1.54, 1.807) is 28.1 Å². The fourth-order valence-electron chi connectivity index (χ4n) is 5.04. The van der Waals surface area contributed by atoms with Crippen LogP contribution in [0.15, 0.2) is 48.9 Å². The van der Waals surface area contributed by atoms with Crippen molar-refractivity contribution in [1.29, 1.82) is 0 Å². The lowest BCUT2D eigenvalue weighted by atomic mass is 9.95. The van der Waals surface area contributed by atoms with Crippen molar-refractivity contribution in [1.82, 2.24) is 19.4 Å². The number of carbonyl (C=O) groups is 1. The Balaban J connectivity index is 1.42. The van der Waals surface area contributed by atoms with Crippen molar-refractivity contribution in [2.45, 2.75) is 12.0 Å². The van der Waals surface area contributed by atoms with Crippen molar-refractivity contribution in [3.63, 3.8) is 0 Å². The number of imidazole rings is 1. The van der Waals surface area contributed by atoms with Crippen LogP contribution in [-0.2, 0) is 7.05 Å². The monoisotopic (exact) mass is 378 g/mol. The van der Waals surface area contributed by atoms with Gasteiger partial charge in [0.05, 0.1) is 18.0 Å². The van der Waals surface area contributed by atoms with Crippen molar-refractivity contribution in [3.8, 4) is 0 Å². The fraction of sp³-hybridized carbons (Fsp3) is 0.381. The van der Waals surface area contributed by atoms with Crippen LogP contribution in [0.5, 0.6) is 0 Å². The molecule has 0 bridgehead atoms. The van der Waals surface area contributed by atoms with Gasteiger partial charge in [-0.2, -0.15) is 0 Å². The van der Waals surface area contributed by atoms with Gasteiger partial charge in [0.1, 0.15) is 5.52 Å². The largest absolute Gasteiger partial charge is 0.396 e.